The third kappa shape index (κ3) is 5.20. The van der Waals surface area contributed by atoms with Crippen molar-refractivity contribution in [1.82, 2.24) is 4.90 Å². The number of rotatable bonds is 7. The third-order valence-electron chi connectivity index (χ3n) is 4.06. The molecule has 2 rings (SSSR count). The highest BCUT2D eigenvalue weighted by Gasteiger charge is 2.13. The van der Waals surface area contributed by atoms with Gasteiger partial charge in [0, 0.05) is 6.42 Å². The molecule has 0 aromatic heterocycles. The van der Waals surface area contributed by atoms with Gasteiger partial charge in [0.25, 0.3) is 0 Å². The molecule has 4 heteroatoms. The van der Waals surface area contributed by atoms with Crippen LogP contribution in [0.25, 0.3) is 0 Å². The standard InChI is InChI=1S/C17H23F2NO/c18-14-8-9-16(19)15(13-14)17(21)7-3-1-4-10-20-11-5-2-6-12-20/h8-9,13H,1-7,10-12H2. The number of Topliss-reactive ketones (excluding diaryl/α,β-unsaturated/α-hetero) is 1. The highest BCUT2D eigenvalue weighted by Crippen LogP contribution is 2.15. The summed E-state index contributed by atoms with van der Waals surface area (Å²) in [6.45, 7) is 3.46. The molecular weight excluding hydrogens is 272 g/mol. The predicted molar refractivity (Wildman–Crippen MR) is 79.4 cm³/mol. The largest absolute Gasteiger partial charge is 0.303 e. The molecule has 2 nitrogen and oxygen atoms in total. The van der Waals surface area contributed by atoms with Crippen molar-refractivity contribution in [3.63, 3.8) is 0 Å². The average Bonchev–Trinajstić information content (AvgIpc) is 2.50. The van der Waals surface area contributed by atoms with Crippen molar-refractivity contribution in [1.29, 1.82) is 0 Å². The number of ketones is 1. The summed E-state index contributed by atoms with van der Waals surface area (Å²) in [6.07, 6.45) is 6.97. The molecule has 1 aromatic carbocycles. The summed E-state index contributed by atoms with van der Waals surface area (Å²) < 4.78 is 26.5. The molecule has 0 N–H and O–H groups in total. The van der Waals surface area contributed by atoms with E-state index in [4.69, 9.17) is 0 Å². The van der Waals surface area contributed by atoms with Crippen molar-refractivity contribution in [3.8, 4) is 0 Å². The first-order chi connectivity index (χ1) is 10.2. The SMILES string of the molecule is O=C(CCCCCN1CCCCC1)c1cc(F)ccc1F. The first-order valence-electron chi connectivity index (χ1n) is 7.87. The molecule has 1 saturated heterocycles. The molecule has 0 aliphatic carbocycles. The quantitative estimate of drug-likeness (QED) is 0.555. The van der Waals surface area contributed by atoms with Crippen molar-refractivity contribution in [2.24, 2.45) is 0 Å². The molecule has 1 heterocycles. The van der Waals surface area contributed by atoms with Crippen LogP contribution in [-0.4, -0.2) is 30.3 Å². The van der Waals surface area contributed by atoms with Crippen molar-refractivity contribution in [2.45, 2.75) is 44.9 Å². The van der Waals surface area contributed by atoms with Crippen LogP contribution in [0.4, 0.5) is 8.78 Å². The third-order valence-corrected chi connectivity index (χ3v) is 4.06. The van der Waals surface area contributed by atoms with Crippen molar-refractivity contribution < 1.29 is 13.6 Å². The Labute approximate surface area is 125 Å². The Morgan fingerprint density at radius 2 is 1.81 bits per heavy atom. The molecule has 0 bridgehead atoms. The van der Waals surface area contributed by atoms with Crippen LogP contribution in [0.15, 0.2) is 18.2 Å². The second-order valence-corrected chi connectivity index (χ2v) is 5.76. The fraction of sp³-hybridized carbons (Fsp3) is 0.588. The summed E-state index contributed by atoms with van der Waals surface area (Å²) in [7, 11) is 0. The van der Waals surface area contributed by atoms with Gasteiger partial charge in [-0.1, -0.05) is 12.8 Å². The predicted octanol–water partition coefficient (Wildman–Crippen LogP) is 4.19. The van der Waals surface area contributed by atoms with E-state index in [2.05, 4.69) is 4.90 Å². The summed E-state index contributed by atoms with van der Waals surface area (Å²) in [5, 5.41) is 0. The number of piperidine rings is 1. The van der Waals surface area contributed by atoms with E-state index in [1.54, 1.807) is 0 Å². The summed E-state index contributed by atoms with van der Waals surface area (Å²) >= 11 is 0. The number of halogens is 2. The normalized spacial score (nSPS) is 16.1. The van der Waals surface area contributed by atoms with Gasteiger partial charge in [0.05, 0.1) is 5.56 Å². The highest BCUT2D eigenvalue weighted by molar-refractivity contribution is 5.96. The molecule has 1 aliphatic rings. The maximum Gasteiger partial charge on any atom is 0.165 e. The number of likely N-dealkylation sites (tertiary alicyclic amines) is 1. The molecule has 116 valence electrons. The Kier molecular flexibility index (Phi) is 6.30. The molecule has 0 atom stereocenters. The highest BCUT2D eigenvalue weighted by atomic mass is 19.1. The molecule has 0 radical (unpaired) electrons. The molecule has 21 heavy (non-hydrogen) atoms. The van der Waals surface area contributed by atoms with Gasteiger partial charge in [-0.2, -0.15) is 0 Å². The number of hydrogen-bond acceptors (Lipinski definition) is 2. The molecule has 1 aliphatic heterocycles. The van der Waals surface area contributed by atoms with Crippen molar-refractivity contribution >= 4 is 5.78 Å². The number of nitrogens with zero attached hydrogens (tertiary/aromatic N) is 1. The Balaban J connectivity index is 1.66. The van der Waals surface area contributed by atoms with E-state index in [9.17, 15) is 13.6 Å². The Bertz CT molecular complexity index is 470. The summed E-state index contributed by atoms with van der Waals surface area (Å²) in [4.78, 5) is 14.3. The van der Waals surface area contributed by atoms with Crippen LogP contribution in [0.1, 0.15) is 55.3 Å². The molecule has 0 spiro atoms. The number of carbonyl (C=O) groups is 1. The first-order valence-corrected chi connectivity index (χ1v) is 7.87. The van der Waals surface area contributed by atoms with Crippen LogP contribution >= 0.6 is 0 Å². The lowest BCUT2D eigenvalue weighted by atomic mass is 10.0. The summed E-state index contributed by atoms with van der Waals surface area (Å²) in [5.74, 6) is -1.50. The van der Waals surface area contributed by atoms with Gasteiger partial charge in [0.2, 0.25) is 0 Å². The molecule has 0 saturated carbocycles. The van der Waals surface area contributed by atoms with Crippen molar-refractivity contribution in [2.75, 3.05) is 19.6 Å². The van der Waals surface area contributed by atoms with Crippen LogP contribution < -0.4 is 0 Å². The maximum atomic E-state index is 13.4. The summed E-state index contributed by atoms with van der Waals surface area (Å²) in [6, 6.07) is 3.04. The second kappa shape index (κ2) is 8.23. The minimum Gasteiger partial charge on any atom is -0.303 e. The minimum absolute atomic E-state index is 0.119. The van der Waals surface area contributed by atoms with Gasteiger partial charge in [-0.05, 0) is 63.5 Å². The Morgan fingerprint density at radius 1 is 1.05 bits per heavy atom. The maximum absolute atomic E-state index is 13.4. The Morgan fingerprint density at radius 3 is 2.57 bits per heavy atom. The minimum atomic E-state index is -0.630. The lowest BCUT2D eigenvalue weighted by molar-refractivity contribution is 0.0974. The van der Waals surface area contributed by atoms with Crippen LogP contribution in [0, 0.1) is 11.6 Å². The topological polar surface area (TPSA) is 20.3 Å². The van der Waals surface area contributed by atoms with E-state index < -0.39 is 11.6 Å². The van der Waals surface area contributed by atoms with Crippen LogP contribution in [0.2, 0.25) is 0 Å². The molecule has 0 unspecified atom stereocenters. The van der Waals surface area contributed by atoms with Gasteiger partial charge in [-0.15, -0.1) is 0 Å². The van der Waals surface area contributed by atoms with E-state index in [1.165, 1.54) is 32.4 Å². The van der Waals surface area contributed by atoms with Crippen LogP contribution in [0.5, 0.6) is 0 Å². The molecule has 1 fully saturated rings. The van der Waals surface area contributed by atoms with Gasteiger partial charge >= 0.3 is 0 Å². The lowest BCUT2D eigenvalue weighted by Gasteiger charge is -2.26. The Hall–Kier alpha value is -1.29. The zero-order valence-electron chi connectivity index (χ0n) is 12.4. The monoisotopic (exact) mass is 295 g/mol. The van der Waals surface area contributed by atoms with Gasteiger partial charge in [-0.3, -0.25) is 4.79 Å². The number of unbranched alkanes of at least 4 members (excludes halogenated alkanes) is 2. The van der Waals surface area contributed by atoms with E-state index in [1.807, 2.05) is 0 Å². The van der Waals surface area contributed by atoms with Crippen LogP contribution in [0.3, 0.4) is 0 Å². The van der Waals surface area contributed by atoms with E-state index >= 15 is 0 Å². The summed E-state index contributed by atoms with van der Waals surface area (Å²) in [5.41, 5.74) is -0.119. The zero-order chi connectivity index (χ0) is 15.1. The molecular formula is C17H23F2NO. The van der Waals surface area contributed by atoms with Gasteiger partial charge < -0.3 is 4.90 Å². The zero-order valence-corrected chi connectivity index (χ0v) is 12.4. The number of hydrogen-bond donors (Lipinski definition) is 0. The average molecular weight is 295 g/mol. The smallest absolute Gasteiger partial charge is 0.165 e. The first kappa shape index (κ1) is 16.1. The number of benzene rings is 1. The van der Waals surface area contributed by atoms with Gasteiger partial charge in [0.15, 0.2) is 5.78 Å². The fourth-order valence-electron chi connectivity index (χ4n) is 2.83. The molecule has 0 amide bonds. The van der Waals surface area contributed by atoms with E-state index in [0.29, 0.717) is 6.42 Å². The second-order valence-electron chi connectivity index (χ2n) is 5.76. The van der Waals surface area contributed by atoms with Gasteiger partial charge in [-0.25, -0.2) is 8.78 Å². The van der Waals surface area contributed by atoms with Crippen LogP contribution in [-0.2, 0) is 0 Å². The van der Waals surface area contributed by atoms with Gasteiger partial charge in [0.1, 0.15) is 11.6 Å². The lowest BCUT2D eigenvalue weighted by Crippen LogP contribution is -2.30. The number of carbonyl (C=O) groups excluding carboxylic acids is 1. The molecule has 1 aromatic rings. The van der Waals surface area contributed by atoms with E-state index in [0.717, 1.165) is 44.0 Å². The van der Waals surface area contributed by atoms with E-state index in [-0.39, 0.29) is 11.3 Å². The van der Waals surface area contributed by atoms with Crippen molar-refractivity contribution in [3.05, 3.63) is 35.4 Å². The fourth-order valence-corrected chi connectivity index (χ4v) is 2.83.